The van der Waals surface area contributed by atoms with Crippen molar-refractivity contribution < 1.29 is 14.3 Å². The van der Waals surface area contributed by atoms with Crippen LogP contribution in [0.2, 0.25) is 5.02 Å². The van der Waals surface area contributed by atoms with Gasteiger partial charge in [-0.25, -0.2) is 5.43 Å². The zero-order valence-corrected chi connectivity index (χ0v) is 18.7. The molecule has 8 heteroatoms. The van der Waals surface area contributed by atoms with Crippen LogP contribution in [-0.2, 0) is 11.4 Å². The summed E-state index contributed by atoms with van der Waals surface area (Å²) in [7, 11) is 0. The second-order valence-corrected chi connectivity index (χ2v) is 7.82. The molecule has 158 valence electrons. The fourth-order valence-electron chi connectivity index (χ4n) is 2.51. The van der Waals surface area contributed by atoms with E-state index in [1.165, 1.54) is 6.21 Å². The number of rotatable bonds is 8. The molecule has 0 aromatic heterocycles. The third-order valence-electron chi connectivity index (χ3n) is 4.10. The molecule has 0 heterocycles. The Morgan fingerprint density at radius 3 is 2.48 bits per heavy atom. The zero-order chi connectivity index (χ0) is 22.1. The van der Waals surface area contributed by atoms with Gasteiger partial charge in [0, 0.05) is 15.1 Å². The van der Waals surface area contributed by atoms with Crippen LogP contribution in [0.25, 0.3) is 0 Å². The van der Waals surface area contributed by atoms with Gasteiger partial charge >= 0.3 is 0 Å². The number of ether oxygens (including phenoxy) is 1. The Hall–Kier alpha value is -3.16. The van der Waals surface area contributed by atoms with Gasteiger partial charge in [0.1, 0.15) is 12.4 Å². The van der Waals surface area contributed by atoms with Gasteiger partial charge in [-0.1, -0.05) is 45.7 Å². The summed E-state index contributed by atoms with van der Waals surface area (Å²) in [5, 5.41) is 7.13. The molecule has 0 unspecified atom stereocenters. The zero-order valence-electron chi connectivity index (χ0n) is 16.3. The van der Waals surface area contributed by atoms with Crippen molar-refractivity contribution in [2.24, 2.45) is 5.10 Å². The van der Waals surface area contributed by atoms with E-state index in [9.17, 15) is 9.59 Å². The van der Waals surface area contributed by atoms with Crippen molar-refractivity contribution in [2.45, 2.75) is 6.61 Å². The van der Waals surface area contributed by atoms with Crippen LogP contribution in [0.5, 0.6) is 5.75 Å². The molecule has 0 aliphatic carbocycles. The number of benzene rings is 3. The molecule has 3 aromatic carbocycles. The quantitative estimate of drug-likeness (QED) is 0.351. The maximum atomic E-state index is 12.0. The number of carbonyl (C=O) groups is 2. The Balaban J connectivity index is 1.41. The summed E-state index contributed by atoms with van der Waals surface area (Å²) in [6, 6.07) is 21.6. The van der Waals surface area contributed by atoms with Crippen LogP contribution >= 0.6 is 27.5 Å². The predicted octanol–water partition coefficient (Wildman–Crippen LogP) is 4.56. The van der Waals surface area contributed by atoms with E-state index in [1.54, 1.807) is 18.2 Å². The number of halogens is 2. The smallest absolute Gasteiger partial charge is 0.259 e. The van der Waals surface area contributed by atoms with Crippen LogP contribution < -0.4 is 15.5 Å². The van der Waals surface area contributed by atoms with E-state index in [2.05, 4.69) is 31.8 Å². The molecule has 0 saturated heterocycles. The lowest BCUT2D eigenvalue weighted by Gasteiger charge is -2.06. The van der Waals surface area contributed by atoms with Gasteiger partial charge in [-0.05, 0) is 65.7 Å². The van der Waals surface area contributed by atoms with E-state index in [1.807, 2.05) is 54.6 Å². The highest BCUT2D eigenvalue weighted by Gasteiger charge is 2.07. The first-order valence-electron chi connectivity index (χ1n) is 9.32. The van der Waals surface area contributed by atoms with E-state index in [0.717, 1.165) is 15.6 Å². The monoisotopic (exact) mass is 499 g/mol. The van der Waals surface area contributed by atoms with Gasteiger partial charge in [-0.15, -0.1) is 0 Å². The number of hydrazone groups is 1. The third kappa shape index (κ3) is 7.55. The Morgan fingerprint density at radius 1 is 1.03 bits per heavy atom. The number of carbonyl (C=O) groups excluding carboxylic acids is 2. The lowest BCUT2D eigenvalue weighted by molar-refractivity contribution is -0.120. The van der Waals surface area contributed by atoms with Crippen LogP contribution in [0.3, 0.4) is 0 Å². The third-order valence-corrected chi connectivity index (χ3v) is 4.84. The van der Waals surface area contributed by atoms with Crippen LogP contribution in [0, 0.1) is 0 Å². The Morgan fingerprint density at radius 2 is 1.77 bits per heavy atom. The van der Waals surface area contributed by atoms with Gasteiger partial charge in [0.05, 0.1) is 12.8 Å². The van der Waals surface area contributed by atoms with Crippen molar-refractivity contribution in [3.63, 3.8) is 0 Å². The lowest BCUT2D eigenvalue weighted by Crippen LogP contribution is -2.34. The molecule has 3 rings (SSSR count). The summed E-state index contributed by atoms with van der Waals surface area (Å²) >= 11 is 9.17. The van der Waals surface area contributed by atoms with Gasteiger partial charge in [-0.2, -0.15) is 5.10 Å². The van der Waals surface area contributed by atoms with Gasteiger partial charge < -0.3 is 10.1 Å². The summed E-state index contributed by atoms with van der Waals surface area (Å²) in [4.78, 5) is 23.9. The second-order valence-electron chi connectivity index (χ2n) is 6.47. The van der Waals surface area contributed by atoms with Gasteiger partial charge in [-0.3, -0.25) is 9.59 Å². The van der Waals surface area contributed by atoms with Crippen molar-refractivity contribution in [2.75, 3.05) is 6.54 Å². The van der Waals surface area contributed by atoms with E-state index >= 15 is 0 Å². The Kier molecular flexibility index (Phi) is 8.20. The van der Waals surface area contributed by atoms with Crippen molar-refractivity contribution in [1.82, 2.24) is 10.7 Å². The lowest BCUT2D eigenvalue weighted by atomic mass is 10.2. The fourth-order valence-corrected chi connectivity index (χ4v) is 3.03. The average Bonchev–Trinajstić information content (AvgIpc) is 2.78. The van der Waals surface area contributed by atoms with Gasteiger partial charge in [0.25, 0.3) is 11.8 Å². The van der Waals surface area contributed by atoms with Crippen molar-refractivity contribution in [3.05, 3.63) is 99.0 Å². The van der Waals surface area contributed by atoms with Crippen molar-refractivity contribution in [3.8, 4) is 5.75 Å². The SMILES string of the molecule is O=C(CNC(=O)c1cccc(Br)c1)N/N=C\c1ccc(OCc2ccc(Cl)cc2)cc1. The molecule has 6 nitrogen and oxygen atoms in total. The number of nitrogens with one attached hydrogen (secondary N) is 2. The minimum Gasteiger partial charge on any atom is -0.489 e. The van der Waals surface area contributed by atoms with E-state index in [-0.39, 0.29) is 12.5 Å². The highest BCUT2D eigenvalue weighted by molar-refractivity contribution is 9.10. The molecular formula is C23H19BrClN3O3. The molecule has 0 spiro atoms. The summed E-state index contributed by atoms with van der Waals surface area (Å²) < 4.78 is 6.51. The molecule has 0 atom stereocenters. The molecular weight excluding hydrogens is 482 g/mol. The minimum atomic E-state index is -0.428. The molecule has 2 amide bonds. The Labute approximate surface area is 193 Å². The topological polar surface area (TPSA) is 79.8 Å². The second kappa shape index (κ2) is 11.3. The standard InChI is InChI=1S/C23H19BrClN3O3/c24-19-3-1-2-18(12-19)23(30)26-14-22(29)28-27-13-16-6-10-21(11-7-16)31-15-17-4-8-20(25)9-5-17/h1-13H,14-15H2,(H,26,30)(H,28,29)/b27-13-. The largest absolute Gasteiger partial charge is 0.489 e. The molecule has 3 aromatic rings. The minimum absolute atomic E-state index is 0.180. The van der Waals surface area contributed by atoms with Crippen LogP contribution in [0.15, 0.2) is 82.4 Å². The number of hydrogen-bond donors (Lipinski definition) is 2. The molecule has 0 bridgehead atoms. The maximum absolute atomic E-state index is 12.0. The number of hydrogen-bond acceptors (Lipinski definition) is 4. The molecule has 0 radical (unpaired) electrons. The van der Waals surface area contributed by atoms with Crippen molar-refractivity contribution in [1.29, 1.82) is 0 Å². The van der Waals surface area contributed by atoms with Crippen LogP contribution in [0.4, 0.5) is 0 Å². The predicted molar refractivity (Wildman–Crippen MR) is 124 cm³/mol. The summed E-state index contributed by atoms with van der Waals surface area (Å²) in [6.45, 7) is 0.256. The Bertz CT molecular complexity index is 1070. The summed E-state index contributed by atoms with van der Waals surface area (Å²) in [5.41, 5.74) is 4.65. The molecule has 0 aliphatic rings. The van der Waals surface area contributed by atoms with E-state index in [4.69, 9.17) is 16.3 Å². The normalized spacial score (nSPS) is 10.6. The molecule has 0 aliphatic heterocycles. The van der Waals surface area contributed by atoms with Crippen LogP contribution in [0.1, 0.15) is 21.5 Å². The first-order valence-corrected chi connectivity index (χ1v) is 10.5. The average molecular weight is 501 g/mol. The highest BCUT2D eigenvalue weighted by Crippen LogP contribution is 2.15. The number of nitrogens with zero attached hydrogens (tertiary/aromatic N) is 1. The van der Waals surface area contributed by atoms with Gasteiger partial charge in [0.2, 0.25) is 0 Å². The van der Waals surface area contributed by atoms with Gasteiger partial charge in [0.15, 0.2) is 0 Å². The number of amides is 2. The fraction of sp³-hybridized carbons (Fsp3) is 0.0870. The van der Waals surface area contributed by atoms with E-state index < -0.39 is 5.91 Å². The first kappa shape index (κ1) is 22.5. The molecule has 2 N–H and O–H groups in total. The van der Waals surface area contributed by atoms with Crippen molar-refractivity contribution >= 4 is 45.6 Å². The molecule has 0 fully saturated rings. The maximum Gasteiger partial charge on any atom is 0.259 e. The highest BCUT2D eigenvalue weighted by atomic mass is 79.9. The van der Waals surface area contributed by atoms with E-state index in [0.29, 0.717) is 22.9 Å². The first-order chi connectivity index (χ1) is 15.0. The van der Waals surface area contributed by atoms with Crippen LogP contribution in [-0.4, -0.2) is 24.6 Å². The summed E-state index contributed by atoms with van der Waals surface area (Å²) in [6.07, 6.45) is 1.51. The molecule has 0 saturated carbocycles. The summed E-state index contributed by atoms with van der Waals surface area (Å²) in [5.74, 6) is -0.0523. The molecule has 31 heavy (non-hydrogen) atoms.